The van der Waals surface area contributed by atoms with Crippen molar-refractivity contribution < 1.29 is 18.7 Å². The molecular formula is C13H9F2NO2. The van der Waals surface area contributed by atoms with Crippen LogP contribution in [0.4, 0.5) is 8.78 Å². The van der Waals surface area contributed by atoms with Crippen LogP contribution in [0.3, 0.4) is 0 Å². The standard InChI is InChI=1S/C13H9F2NO2/c14-9-3-4-11(15)8(6-9)7-12-10(13(17)18)2-1-5-16-12/h1-6H,7H2,(H,17,18). The van der Waals surface area contributed by atoms with Gasteiger partial charge in [-0.2, -0.15) is 0 Å². The summed E-state index contributed by atoms with van der Waals surface area (Å²) >= 11 is 0. The maximum Gasteiger partial charge on any atom is 0.337 e. The summed E-state index contributed by atoms with van der Waals surface area (Å²) in [5, 5.41) is 8.96. The van der Waals surface area contributed by atoms with E-state index >= 15 is 0 Å². The Kier molecular flexibility index (Phi) is 3.32. The van der Waals surface area contributed by atoms with Crippen LogP contribution in [-0.2, 0) is 6.42 Å². The monoisotopic (exact) mass is 249 g/mol. The molecule has 3 nitrogen and oxygen atoms in total. The quantitative estimate of drug-likeness (QED) is 0.909. The van der Waals surface area contributed by atoms with E-state index in [1.807, 2.05) is 0 Å². The van der Waals surface area contributed by atoms with E-state index in [9.17, 15) is 13.6 Å². The van der Waals surface area contributed by atoms with Gasteiger partial charge in [-0.25, -0.2) is 13.6 Å². The molecule has 2 rings (SSSR count). The van der Waals surface area contributed by atoms with Crippen molar-refractivity contribution in [2.75, 3.05) is 0 Å². The summed E-state index contributed by atoms with van der Waals surface area (Å²) in [5.41, 5.74) is 0.270. The predicted octanol–water partition coefficient (Wildman–Crippen LogP) is 2.65. The Bertz CT molecular complexity index is 599. The topological polar surface area (TPSA) is 50.2 Å². The minimum atomic E-state index is -1.14. The first-order chi connectivity index (χ1) is 8.58. The third-order valence-corrected chi connectivity index (χ3v) is 2.49. The SMILES string of the molecule is O=C(O)c1cccnc1Cc1cc(F)ccc1F. The van der Waals surface area contributed by atoms with Crippen molar-refractivity contribution in [3.05, 3.63) is 65.0 Å². The lowest BCUT2D eigenvalue weighted by molar-refractivity contribution is 0.0695. The summed E-state index contributed by atoms with van der Waals surface area (Å²) in [5.74, 6) is -2.30. The summed E-state index contributed by atoms with van der Waals surface area (Å²) in [6.45, 7) is 0. The van der Waals surface area contributed by atoms with E-state index in [-0.39, 0.29) is 23.2 Å². The van der Waals surface area contributed by atoms with Gasteiger partial charge in [0.1, 0.15) is 11.6 Å². The van der Waals surface area contributed by atoms with Crippen LogP contribution in [0.2, 0.25) is 0 Å². The molecule has 0 bridgehead atoms. The molecule has 0 aliphatic heterocycles. The van der Waals surface area contributed by atoms with Gasteiger partial charge in [0.25, 0.3) is 0 Å². The molecule has 1 N–H and O–H groups in total. The van der Waals surface area contributed by atoms with Crippen molar-refractivity contribution >= 4 is 5.97 Å². The molecule has 2 aromatic rings. The number of carbonyl (C=O) groups is 1. The van der Waals surface area contributed by atoms with Gasteiger partial charge in [0.15, 0.2) is 0 Å². The number of halogens is 2. The Morgan fingerprint density at radius 3 is 2.78 bits per heavy atom. The van der Waals surface area contributed by atoms with Gasteiger partial charge in [-0.3, -0.25) is 4.98 Å². The number of pyridine rings is 1. The molecule has 0 radical (unpaired) electrons. The minimum absolute atomic E-state index is 0.0128. The Morgan fingerprint density at radius 1 is 1.28 bits per heavy atom. The van der Waals surface area contributed by atoms with E-state index in [1.165, 1.54) is 18.3 Å². The number of nitrogens with zero attached hydrogens (tertiary/aromatic N) is 1. The number of hydrogen-bond donors (Lipinski definition) is 1. The van der Waals surface area contributed by atoms with Gasteiger partial charge in [-0.05, 0) is 35.9 Å². The number of carboxylic acids is 1. The fraction of sp³-hybridized carbons (Fsp3) is 0.0769. The van der Waals surface area contributed by atoms with Gasteiger partial charge >= 0.3 is 5.97 Å². The lowest BCUT2D eigenvalue weighted by Crippen LogP contribution is -2.06. The third kappa shape index (κ3) is 2.51. The third-order valence-electron chi connectivity index (χ3n) is 2.49. The van der Waals surface area contributed by atoms with Crippen molar-refractivity contribution in [1.82, 2.24) is 4.98 Å². The zero-order valence-corrected chi connectivity index (χ0v) is 9.23. The molecule has 0 amide bonds. The average Bonchev–Trinajstić information content (AvgIpc) is 2.34. The van der Waals surface area contributed by atoms with Gasteiger partial charge in [0.2, 0.25) is 0 Å². The van der Waals surface area contributed by atoms with Crippen LogP contribution in [0.5, 0.6) is 0 Å². The Labute approximate surface area is 102 Å². The Morgan fingerprint density at radius 2 is 2.06 bits per heavy atom. The highest BCUT2D eigenvalue weighted by Crippen LogP contribution is 2.16. The van der Waals surface area contributed by atoms with Crippen molar-refractivity contribution in [2.24, 2.45) is 0 Å². The summed E-state index contributed by atoms with van der Waals surface area (Å²) in [4.78, 5) is 14.9. The molecule has 0 aliphatic carbocycles. The molecule has 0 aliphatic rings. The smallest absolute Gasteiger partial charge is 0.337 e. The number of benzene rings is 1. The van der Waals surface area contributed by atoms with E-state index in [2.05, 4.69) is 4.98 Å². The first kappa shape index (κ1) is 12.2. The predicted molar refractivity (Wildman–Crippen MR) is 60.4 cm³/mol. The summed E-state index contributed by atoms with van der Waals surface area (Å²) < 4.78 is 26.5. The van der Waals surface area contributed by atoms with Crippen molar-refractivity contribution in [3.8, 4) is 0 Å². The first-order valence-corrected chi connectivity index (χ1v) is 5.19. The zero-order chi connectivity index (χ0) is 13.1. The molecule has 5 heteroatoms. The van der Waals surface area contributed by atoms with Gasteiger partial charge in [-0.1, -0.05) is 0 Å². The summed E-state index contributed by atoms with van der Waals surface area (Å²) in [6, 6.07) is 5.91. The van der Waals surface area contributed by atoms with Gasteiger partial charge in [-0.15, -0.1) is 0 Å². The highest BCUT2D eigenvalue weighted by molar-refractivity contribution is 5.88. The number of aromatic nitrogens is 1. The maximum atomic E-state index is 13.4. The van der Waals surface area contributed by atoms with Crippen molar-refractivity contribution in [2.45, 2.75) is 6.42 Å². The van der Waals surface area contributed by atoms with Crippen LogP contribution >= 0.6 is 0 Å². The van der Waals surface area contributed by atoms with E-state index < -0.39 is 17.6 Å². The molecule has 0 atom stereocenters. The van der Waals surface area contributed by atoms with Crippen LogP contribution in [0, 0.1) is 11.6 Å². The maximum absolute atomic E-state index is 13.4. The van der Waals surface area contributed by atoms with Crippen LogP contribution in [0.15, 0.2) is 36.5 Å². The van der Waals surface area contributed by atoms with E-state index in [0.29, 0.717) is 0 Å². The normalized spacial score (nSPS) is 10.3. The molecule has 0 spiro atoms. The second-order valence-electron chi connectivity index (χ2n) is 3.72. The molecule has 1 aromatic heterocycles. The Hall–Kier alpha value is -2.30. The molecule has 1 heterocycles. The number of rotatable bonds is 3. The highest BCUT2D eigenvalue weighted by Gasteiger charge is 2.13. The van der Waals surface area contributed by atoms with E-state index in [4.69, 9.17) is 5.11 Å². The molecule has 0 saturated heterocycles. The second kappa shape index (κ2) is 4.91. The van der Waals surface area contributed by atoms with Crippen LogP contribution in [-0.4, -0.2) is 16.1 Å². The number of aromatic carboxylic acids is 1. The van der Waals surface area contributed by atoms with Crippen LogP contribution < -0.4 is 0 Å². The summed E-state index contributed by atoms with van der Waals surface area (Å²) in [7, 11) is 0. The number of hydrogen-bond acceptors (Lipinski definition) is 2. The highest BCUT2D eigenvalue weighted by atomic mass is 19.1. The first-order valence-electron chi connectivity index (χ1n) is 5.19. The molecule has 18 heavy (non-hydrogen) atoms. The molecule has 0 saturated carbocycles. The lowest BCUT2D eigenvalue weighted by Gasteiger charge is -2.06. The summed E-state index contributed by atoms with van der Waals surface area (Å²) in [6.07, 6.45) is 1.35. The van der Waals surface area contributed by atoms with Crippen molar-refractivity contribution in [1.29, 1.82) is 0 Å². The molecule has 0 unspecified atom stereocenters. The lowest BCUT2D eigenvalue weighted by atomic mass is 10.0. The Balaban J connectivity index is 2.40. The van der Waals surface area contributed by atoms with Gasteiger partial charge < -0.3 is 5.11 Å². The van der Waals surface area contributed by atoms with Crippen LogP contribution in [0.1, 0.15) is 21.6 Å². The second-order valence-corrected chi connectivity index (χ2v) is 3.72. The van der Waals surface area contributed by atoms with E-state index in [0.717, 1.165) is 18.2 Å². The van der Waals surface area contributed by atoms with E-state index in [1.54, 1.807) is 0 Å². The largest absolute Gasteiger partial charge is 0.478 e. The van der Waals surface area contributed by atoms with Gasteiger partial charge in [0.05, 0.1) is 11.3 Å². The molecule has 0 fully saturated rings. The average molecular weight is 249 g/mol. The van der Waals surface area contributed by atoms with Crippen LogP contribution in [0.25, 0.3) is 0 Å². The molecule has 1 aromatic carbocycles. The number of carboxylic acid groups (broad SMARTS) is 1. The fourth-order valence-corrected chi connectivity index (χ4v) is 1.63. The zero-order valence-electron chi connectivity index (χ0n) is 9.23. The van der Waals surface area contributed by atoms with Crippen molar-refractivity contribution in [3.63, 3.8) is 0 Å². The minimum Gasteiger partial charge on any atom is -0.478 e. The van der Waals surface area contributed by atoms with Gasteiger partial charge in [0, 0.05) is 12.6 Å². The fourth-order valence-electron chi connectivity index (χ4n) is 1.63. The molecular weight excluding hydrogens is 240 g/mol. The molecule has 92 valence electrons.